The molecule has 0 fully saturated rings. The van der Waals surface area contributed by atoms with Gasteiger partial charge in [0.15, 0.2) is 12.1 Å². The zero-order valence-electron chi connectivity index (χ0n) is 9.22. The number of carbonyl (C=O) groups excluding carboxylic acids is 1. The summed E-state index contributed by atoms with van der Waals surface area (Å²) in [5, 5.41) is 12.3. The highest BCUT2D eigenvalue weighted by Gasteiger charge is 2.34. The molecule has 96 valence electrons. The van der Waals surface area contributed by atoms with Crippen LogP contribution in [0.1, 0.15) is 21.5 Å². The first-order valence-electron chi connectivity index (χ1n) is 4.93. The predicted molar refractivity (Wildman–Crippen MR) is 56.5 cm³/mol. The zero-order chi connectivity index (χ0) is 14.0. The van der Waals surface area contributed by atoms with Gasteiger partial charge in [-0.15, -0.1) is 0 Å². The number of hydrogen-bond acceptors (Lipinski definition) is 4. The van der Waals surface area contributed by atoms with Gasteiger partial charge in [0.25, 0.3) is 0 Å². The molecule has 0 saturated carbocycles. The Kier molecular flexibility index (Phi) is 3.04. The summed E-state index contributed by atoms with van der Waals surface area (Å²) in [5.41, 5.74) is -1.46. The number of alkyl halides is 3. The van der Waals surface area contributed by atoms with Crippen LogP contribution in [0.25, 0.3) is 5.82 Å². The van der Waals surface area contributed by atoms with Gasteiger partial charge in [0, 0.05) is 12.4 Å². The molecule has 0 saturated heterocycles. The van der Waals surface area contributed by atoms with E-state index in [4.69, 9.17) is 5.26 Å². The van der Waals surface area contributed by atoms with Gasteiger partial charge in [-0.3, -0.25) is 4.79 Å². The van der Waals surface area contributed by atoms with Crippen molar-refractivity contribution in [2.24, 2.45) is 0 Å². The molecule has 0 spiro atoms. The number of aromatic nitrogens is 3. The first-order valence-corrected chi connectivity index (χ1v) is 4.93. The molecule has 2 heterocycles. The Morgan fingerprint density at radius 1 is 1.37 bits per heavy atom. The van der Waals surface area contributed by atoms with Crippen molar-refractivity contribution < 1.29 is 18.0 Å². The van der Waals surface area contributed by atoms with Crippen molar-refractivity contribution in [1.29, 1.82) is 5.26 Å². The topological polar surface area (TPSA) is 71.6 Å². The van der Waals surface area contributed by atoms with Crippen molar-refractivity contribution >= 4 is 6.29 Å². The molecule has 2 aromatic heterocycles. The highest BCUT2D eigenvalue weighted by Crippen LogP contribution is 2.32. The Balaban J connectivity index is 2.55. The van der Waals surface area contributed by atoms with E-state index in [1.807, 2.05) is 0 Å². The second-order valence-corrected chi connectivity index (χ2v) is 3.53. The van der Waals surface area contributed by atoms with E-state index in [1.165, 1.54) is 18.5 Å². The molecule has 0 radical (unpaired) electrons. The van der Waals surface area contributed by atoms with Crippen LogP contribution < -0.4 is 0 Å². The van der Waals surface area contributed by atoms with Crippen LogP contribution in [0.4, 0.5) is 13.2 Å². The van der Waals surface area contributed by atoms with E-state index >= 15 is 0 Å². The van der Waals surface area contributed by atoms with E-state index in [-0.39, 0.29) is 11.4 Å². The van der Waals surface area contributed by atoms with E-state index in [0.29, 0.717) is 12.4 Å². The van der Waals surface area contributed by atoms with Crippen molar-refractivity contribution in [3.05, 3.63) is 41.3 Å². The van der Waals surface area contributed by atoms with Gasteiger partial charge in [-0.25, -0.2) is 9.67 Å². The van der Waals surface area contributed by atoms with E-state index in [9.17, 15) is 18.0 Å². The van der Waals surface area contributed by atoms with E-state index in [2.05, 4.69) is 10.1 Å². The summed E-state index contributed by atoms with van der Waals surface area (Å²) in [6.07, 6.45) is -0.899. The molecule has 0 atom stereocenters. The van der Waals surface area contributed by atoms with Crippen LogP contribution in [0.5, 0.6) is 0 Å². The second-order valence-electron chi connectivity index (χ2n) is 3.53. The second kappa shape index (κ2) is 4.53. The first kappa shape index (κ1) is 12.8. The summed E-state index contributed by atoms with van der Waals surface area (Å²) >= 11 is 0. The van der Waals surface area contributed by atoms with Crippen LogP contribution in [0.15, 0.2) is 24.7 Å². The van der Waals surface area contributed by atoms with Crippen LogP contribution in [0.2, 0.25) is 0 Å². The lowest BCUT2D eigenvalue weighted by molar-refractivity contribution is -0.137. The lowest BCUT2D eigenvalue weighted by Gasteiger charge is -2.09. The normalized spacial score (nSPS) is 11.1. The Bertz CT molecular complexity index is 669. The van der Waals surface area contributed by atoms with Crippen LogP contribution >= 0.6 is 0 Å². The third-order valence-electron chi connectivity index (χ3n) is 2.29. The molecule has 2 rings (SSSR count). The minimum atomic E-state index is -4.66. The average Bonchev–Trinajstić information content (AvgIpc) is 2.85. The lowest BCUT2D eigenvalue weighted by atomic mass is 10.1. The fraction of sp³-hybridized carbons (Fsp3) is 0.0909. The van der Waals surface area contributed by atoms with Gasteiger partial charge in [0.05, 0.1) is 22.9 Å². The van der Waals surface area contributed by atoms with Gasteiger partial charge in [-0.1, -0.05) is 0 Å². The molecular weight excluding hydrogens is 261 g/mol. The third-order valence-corrected chi connectivity index (χ3v) is 2.29. The van der Waals surface area contributed by atoms with Gasteiger partial charge in [-0.2, -0.15) is 23.5 Å². The molecule has 0 amide bonds. The van der Waals surface area contributed by atoms with Gasteiger partial charge >= 0.3 is 6.18 Å². The summed E-state index contributed by atoms with van der Waals surface area (Å²) in [6.45, 7) is 0. The number of aldehydes is 1. The van der Waals surface area contributed by atoms with Gasteiger partial charge in [0.1, 0.15) is 6.07 Å². The summed E-state index contributed by atoms with van der Waals surface area (Å²) in [7, 11) is 0. The number of carbonyl (C=O) groups is 1. The van der Waals surface area contributed by atoms with Gasteiger partial charge in [0.2, 0.25) is 0 Å². The molecule has 19 heavy (non-hydrogen) atoms. The van der Waals surface area contributed by atoms with E-state index < -0.39 is 17.3 Å². The quantitative estimate of drug-likeness (QED) is 0.779. The Morgan fingerprint density at radius 2 is 2.11 bits per heavy atom. The summed E-state index contributed by atoms with van der Waals surface area (Å²) in [4.78, 5) is 14.2. The monoisotopic (exact) mass is 266 g/mol. The molecule has 0 aliphatic carbocycles. The van der Waals surface area contributed by atoms with Crippen molar-refractivity contribution in [3.8, 4) is 11.9 Å². The maximum atomic E-state index is 12.7. The maximum Gasteiger partial charge on any atom is 0.417 e. The van der Waals surface area contributed by atoms with Crippen molar-refractivity contribution in [2.45, 2.75) is 6.18 Å². The van der Waals surface area contributed by atoms with Gasteiger partial charge < -0.3 is 0 Å². The Hall–Kier alpha value is -2.69. The Labute approximate surface area is 104 Å². The highest BCUT2D eigenvalue weighted by molar-refractivity contribution is 5.73. The summed E-state index contributed by atoms with van der Waals surface area (Å²) in [6, 6.07) is 2.14. The molecule has 0 unspecified atom stereocenters. The predicted octanol–water partition coefficient (Wildman–Crippen LogP) is 1.97. The molecule has 0 aliphatic rings. The smallest absolute Gasteiger partial charge is 0.298 e. The number of pyridine rings is 1. The minimum Gasteiger partial charge on any atom is -0.298 e. The summed E-state index contributed by atoms with van der Waals surface area (Å²) in [5.74, 6) is -0.126. The Morgan fingerprint density at radius 3 is 2.63 bits per heavy atom. The van der Waals surface area contributed by atoms with Crippen molar-refractivity contribution in [1.82, 2.24) is 14.8 Å². The first-order chi connectivity index (χ1) is 8.95. The summed E-state index contributed by atoms with van der Waals surface area (Å²) < 4.78 is 39.2. The maximum absolute atomic E-state index is 12.7. The largest absolute Gasteiger partial charge is 0.417 e. The molecule has 8 heteroatoms. The van der Waals surface area contributed by atoms with Crippen LogP contribution in [0, 0.1) is 11.3 Å². The van der Waals surface area contributed by atoms with Crippen molar-refractivity contribution in [2.75, 3.05) is 0 Å². The van der Waals surface area contributed by atoms with Crippen LogP contribution in [0.3, 0.4) is 0 Å². The van der Waals surface area contributed by atoms with E-state index in [0.717, 1.165) is 10.9 Å². The fourth-order valence-corrected chi connectivity index (χ4v) is 1.42. The molecule has 5 nitrogen and oxygen atoms in total. The molecular formula is C11H5F3N4O. The number of hydrogen-bond donors (Lipinski definition) is 0. The molecule has 0 aromatic carbocycles. The molecule has 2 aromatic rings. The van der Waals surface area contributed by atoms with Gasteiger partial charge in [-0.05, 0) is 6.07 Å². The van der Waals surface area contributed by atoms with Crippen LogP contribution in [-0.2, 0) is 6.18 Å². The zero-order valence-corrected chi connectivity index (χ0v) is 9.22. The van der Waals surface area contributed by atoms with E-state index in [1.54, 1.807) is 0 Å². The standard InChI is InChI=1S/C11H5F3N4O/c12-11(13,14)9-1-10(16-4-8(9)2-15)18-5-7(6-19)3-17-18/h1,3-6H. The third kappa shape index (κ3) is 2.44. The number of nitrogens with zero attached hydrogens (tertiary/aromatic N) is 4. The number of rotatable bonds is 2. The average molecular weight is 266 g/mol. The highest BCUT2D eigenvalue weighted by atomic mass is 19.4. The molecule has 0 N–H and O–H groups in total. The lowest BCUT2D eigenvalue weighted by Crippen LogP contribution is -2.10. The van der Waals surface area contributed by atoms with Crippen molar-refractivity contribution in [3.63, 3.8) is 0 Å². The van der Waals surface area contributed by atoms with Crippen LogP contribution in [-0.4, -0.2) is 21.1 Å². The molecule has 0 bridgehead atoms. The molecule has 0 aliphatic heterocycles. The minimum absolute atomic E-state index is 0.126. The number of halogens is 3. The fourth-order valence-electron chi connectivity index (χ4n) is 1.42. The SMILES string of the molecule is N#Cc1cnc(-n2cc(C=O)cn2)cc1C(F)(F)F. The number of nitriles is 1.